The lowest BCUT2D eigenvalue weighted by Gasteiger charge is -2.14. The molecule has 0 saturated carbocycles. The number of carbonyl (C=O) groups is 1. The van der Waals surface area contributed by atoms with Crippen LogP contribution in [0.1, 0.15) is 15.5 Å². The summed E-state index contributed by atoms with van der Waals surface area (Å²) in [6.07, 6.45) is 0. The lowest BCUT2D eigenvalue weighted by atomic mass is 10.2. The highest BCUT2D eigenvalue weighted by Gasteiger charge is 2.18. The summed E-state index contributed by atoms with van der Waals surface area (Å²) < 4.78 is 50.9. The predicted molar refractivity (Wildman–Crippen MR) is 111 cm³/mol. The second kappa shape index (κ2) is 9.20. The van der Waals surface area contributed by atoms with Gasteiger partial charge in [-0.15, -0.1) is 11.3 Å². The normalized spacial score (nSPS) is 11.2. The summed E-state index contributed by atoms with van der Waals surface area (Å²) >= 11 is 1.29. The van der Waals surface area contributed by atoms with Crippen LogP contribution in [0.3, 0.4) is 0 Å². The number of nitrogens with zero attached hydrogens (tertiary/aromatic N) is 1. The number of ether oxygens (including phenoxy) is 2. The molecule has 2 N–H and O–H groups in total. The van der Waals surface area contributed by atoms with Crippen LogP contribution in [-0.4, -0.2) is 33.5 Å². The molecule has 3 aromatic rings. The van der Waals surface area contributed by atoms with Crippen molar-refractivity contribution in [1.29, 1.82) is 0 Å². The summed E-state index contributed by atoms with van der Waals surface area (Å²) in [6.45, 7) is 0.301. The highest BCUT2D eigenvalue weighted by atomic mass is 32.2. The molecule has 2 aromatic carbocycles. The Hall–Kier alpha value is -3.02. The number of aromatic nitrogens is 1. The highest BCUT2D eigenvalue weighted by Crippen LogP contribution is 2.30. The van der Waals surface area contributed by atoms with Crippen LogP contribution in [0.5, 0.6) is 5.75 Å². The van der Waals surface area contributed by atoms with Gasteiger partial charge in [0.1, 0.15) is 22.3 Å². The molecule has 11 heteroatoms. The number of hydrogen-bond acceptors (Lipinski definition) is 7. The Morgan fingerprint density at radius 2 is 1.90 bits per heavy atom. The fourth-order valence-electron chi connectivity index (χ4n) is 2.48. The molecule has 158 valence electrons. The molecule has 0 radical (unpaired) electrons. The zero-order valence-corrected chi connectivity index (χ0v) is 17.6. The molecule has 0 unspecified atom stereocenters. The Morgan fingerprint density at radius 3 is 2.57 bits per heavy atom. The molecule has 8 nitrogen and oxygen atoms in total. The van der Waals surface area contributed by atoms with Crippen molar-refractivity contribution < 1.29 is 27.1 Å². The maximum Gasteiger partial charge on any atom is 0.275 e. The lowest BCUT2D eigenvalue weighted by molar-refractivity contribution is 0.102. The third kappa shape index (κ3) is 5.12. The molecule has 1 aromatic heterocycles. The Bertz CT molecular complexity index is 1150. The van der Waals surface area contributed by atoms with Gasteiger partial charge in [0.05, 0.1) is 24.3 Å². The molecule has 3 rings (SSSR count). The number of halogens is 1. The second-order valence-corrected chi connectivity index (χ2v) is 8.61. The average Bonchev–Trinajstić information content (AvgIpc) is 3.17. The van der Waals surface area contributed by atoms with Gasteiger partial charge in [-0.25, -0.2) is 17.8 Å². The van der Waals surface area contributed by atoms with Crippen molar-refractivity contribution in [2.75, 3.05) is 24.3 Å². The number of nitrogens with one attached hydrogen (secondary N) is 2. The lowest BCUT2D eigenvalue weighted by Crippen LogP contribution is -2.15. The van der Waals surface area contributed by atoms with E-state index in [0.717, 1.165) is 24.3 Å². The van der Waals surface area contributed by atoms with Crippen LogP contribution in [0.15, 0.2) is 52.7 Å². The van der Waals surface area contributed by atoms with Crippen LogP contribution in [0.25, 0.3) is 0 Å². The first-order chi connectivity index (χ1) is 14.3. The van der Waals surface area contributed by atoms with Gasteiger partial charge in [-0.1, -0.05) is 0 Å². The van der Waals surface area contributed by atoms with E-state index in [1.807, 2.05) is 0 Å². The van der Waals surface area contributed by atoms with Gasteiger partial charge in [0.25, 0.3) is 15.9 Å². The summed E-state index contributed by atoms with van der Waals surface area (Å²) in [6, 6.07) is 8.89. The molecular formula is C19H18FN3O5S2. The first kappa shape index (κ1) is 21.7. The zero-order valence-electron chi connectivity index (χ0n) is 16.0. The van der Waals surface area contributed by atoms with Gasteiger partial charge in [0.2, 0.25) is 0 Å². The molecular weight excluding hydrogens is 433 g/mol. The first-order valence-electron chi connectivity index (χ1n) is 8.53. The average molecular weight is 452 g/mol. The number of amides is 1. The molecule has 0 atom stereocenters. The fourth-order valence-corrected chi connectivity index (χ4v) is 4.29. The van der Waals surface area contributed by atoms with E-state index in [1.165, 1.54) is 37.7 Å². The summed E-state index contributed by atoms with van der Waals surface area (Å²) in [5.74, 6) is -0.757. The Labute approximate surface area is 176 Å². The van der Waals surface area contributed by atoms with Crippen LogP contribution in [0.2, 0.25) is 0 Å². The summed E-state index contributed by atoms with van der Waals surface area (Å²) in [5.41, 5.74) is 0.660. The number of rotatable bonds is 8. The monoisotopic (exact) mass is 451 g/mol. The first-order valence-corrected chi connectivity index (χ1v) is 10.9. The highest BCUT2D eigenvalue weighted by molar-refractivity contribution is 7.92. The number of thiazole rings is 1. The van der Waals surface area contributed by atoms with Crippen LogP contribution in [0, 0.1) is 5.82 Å². The van der Waals surface area contributed by atoms with E-state index >= 15 is 0 Å². The van der Waals surface area contributed by atoms with Crippen LogP contribution in [-0.2, 0) is 21.4 Å². The molecule has 0 aliphatic rings. The molecule has 0 aliphatic heterocycles. The molecule has 0 spiro atoms. The van der Waals surface area contributed by atoms with Gasteiger partial charge in [-0.05, 0) is 42.5 Å². The largest absolute Gasteiger partial charge is 0.495 e. The number of sulfonamides is 1. The van der Waals surface area contributed by atoms with E-state index in [0.29, 0.717) is 17.3 Å². The number of anilines is 2. The van der Waals surface area contributed by atoms with Crippen LogP contribution < -0.4 is 14.8 Å². The Balaban J connectivity index is 1.82. The van der Waals surface area contributed by atoms with E-state index in [2.05, 4.69) is 15.0 Å². The van der Waals surface area contributed by atoms with Crippen LogP contribution in [0.4, 0.5) is 15.8 Å². The molecule has 1 heterocycles. The number of methoxy groups -OCH3 is 2. The van der Waals surface area contributed by atoms with E-state index < -0.39 is 21.7 Å². The number of benzene rings is 2. The van der Waals surface area contributed by atoms with Crippen molar-refractivity contribution in [1.82, 2.24) is 4.98 Å². The van der Waals surface area contributed by atoms with E-state index in [-0.39, 0.29) is 22.0 Å². The van der Waals surface area contributed by atoms with Crippen molar-refractivity contribution in [2.45, 2.75) is 11.5 Å². The van der Waals surface area contributed by atoms with Gasteiger partial charge in [-0.2, -0.15) is 0 Å². The summed E-state index contributed by atoms with van der Waals surface area (Å²) in [5, 5.41) is 4.92. The second-order valence-electron chi connectivity index (χ2n) is 5.99. The van der Waals surface area contributed by atoms with Gasteiger partial charge >= 0.3 is 0 Å². The summed E-state index contributed by atoms with van der Waals surface area (Å²) in [4.78, 5) is 16.5. The number of hydrogen-bond donors (Lipinski definition) is 2. The molecule has 1 amide bonds. The van der Waals surface area contributed by atoms with Crippen LogP contribution >= 0.6 is 11.3 Å². The Kier molecular flexibility index (Phi) is 6.65. The fraction of sp³-hybridized carbons (Fsp3) is 0.158. The van der Waals surface area contributed by atoms with Gasteiger partial charge in [-0.3, -0.25) is 9.52 Å². The third-order valence-corrected chi connectivity index (χ3v) is 6.08. The summed E-state index contributed by atoms with van der Waals surface area (Å²) in [7, 11) is -1.08. The molecule has 0 aliphatic carbocycles. The van der Waals surface area contributed by atoms with Crippen molar-refractivity contribution in [3.63, 3.8) is 0 Å². The maximum absolute atomic E-state index is 13.1. The standard InChI is InChI=1S/C19H18FN3O5S2/c1-27-10-18-22-16(11-29-18)19(24)21-13-5-8-17(28-2)15(9-13)23-30(25,26)14-6-3-12(20)4-7-14/h3-9,11,23H,10H2,1-2H3,(H,21,24). The zero-order chi connectivity index (χ0) is 21.7. The predicted octanol–water partition coefficient (Wildman–Crippen LogP) is 3.49. The minimum Gasteiger partial charge on any atom is -0.495 e. The molecule has 0 fully saturated rings. The molecule has 0 saturated heterocycles. The topological polar surface area (TPSA) is 107 Å². The minimum absolute atomic E-state index is 0.109. The van der Waals surface area contributed by atoms with Gasteiger partial charge in [0, 0.05) is 18.2 Å². The SMILES string of the molecule is COCc1nc(C(=O)Nc2ccc(OC)c(NS(=O)(=O)c3ccc(F)cc3)c2)cs1. The Morgan fingerprint density at radius 1 is 1.17 bits per heavy atom. The molecule has 0 bridgehead atoms. The van der Waals surface area contributed by atoms with Crippen molar-refractivity contribution >= 4 is 38.6 Å². The van der Waals surface area contributed by atoms with Crippen molar-refractivity contribution in [3.05, 3.63) is 64.4 Å². The third-order valence-electron chi connectivity index (χ3n) is 3.88. The van der Waals surface area contributed by atoms with E-state index in [4.69, 9.17) is 9.47 Å². The van der Waals surface area contributed by atoms with E-state index in [9.17, 15) is 17.6 Å². The maximum atomic E-state index is 13.1. The smallest absolute Gasteiger partial charge is 0.275 e. The van der Waals surface area contributed by atoms with Crippen molar-refractivity contribution in [3.8, 4) is 5.75 Å². The quantitative estimate of drug-likeness (QED) is 0.543. The number of carbonyl (C=O) groups excluding carboxylic acids is 1. The molecule has 30 heavy (non-hydrogen) atoms. The van der Waals surface area contributed by atoms with Gasteiger partial charge in [0.15, 0.2) is 0 Å². The van der Waals surface area contributed by atoms with E-state index in [1.54, 1.807) is 11.4 Å². The van der Waals surface area contributed by atoms with Crippen molar-refractivity contribution in [2.24, 2.45) is 0 Å². The van der Waals surface area contributed by atoms with Gasteiger partial charge < -0.3 is 14.8 Å². The minimum atomic E-state index is -4.00.